The normalized spacial score (nSPS) is 12.0. The lowest BCUT2D eigenvalue weighted by atomic mass is 9.90. The number of Topliss-reactive ketones (excluding diaryl/α,β-unsaturated/α-hetero) is 1. The molecule has 1 atom stereocenters. The highest BCUT2D eigenvalue weighted by Gasteiger charge is 2.25. The third-order valence-corrected chi connectivity index (χ3v) is 5.61. The Hall–Kier alpha value is -4.07. The summed E-state index contributed by atoms with van der Waals surface area (Å²) in [7, 11) is 0. The van der Waals surface area contributed by atoms with Crippen LogP contribution in [0.4, 0.5) is 8.78 Å². The lowest BCUT2D eigenvalue weighted by Gasteiger charge is -2.15. The third-order valence-electron chi connectivity index (χ3n) is 5.61. The van der Waals surface area contributed by atoms with Gasteiger partial charge in [0.25, 0.3) is 0 Å². The van der Waals surface area contributed by atoms with Crippen molar-refractivity contribution in [2.45, 2.75) is 32.3 Å². The van der Waals surface area contributed by atoms with Crippen LogP contribution in [0.2, 0.25) is 0 Å². The van der Waals surface area contributed by atoms with Crippen LogP contribution in [-0.2, 0) is 11.4 Å². The zero-order valence-corrected chi connectivity index (χ0v) is 18.4. The van der Waals surface area contributed by atoms with E-state index in [4.69, 9.17) is 4.74 Å². The van der Waals surface area contributed by atoms with E-state index < -0.39 is 23.5 Å². The summed E-state index contributed by atoms with van der Waals surface area (Å²) in [5.74, 6) is -2.93. The zero-order valence-electron chi connectivity index (χ0n) is 18.4. The van der Waals surface area contributed by atoms with Crippen LogP contribution in [-0.4, -0.2) is 26.2 Å². The Bertz CT molecular complexity index is 1330. The van der Waals surface area contributed by atoms with Gasteiger partial charge in [0.15, 0.2) is 17.2 Å². The van der Waals surface area contributed by atoms with Gasteiger partial charge in [0.2, 0.25) is 0 Å². The van der Waals surface area contributed by atoms with Crippen LogP contribution in [0.5, 0.6) is 5.75 Å². The van der Waals surface area contributed by atoms with Crippen molar-refractivity contribution < 1.29 is 28.2 Å². The molecule has 2 aromatic heterocycles. The molecule has 8 heteroatoms. The first-order valence-corrected chi connectivity index (χ1v) is 10.7. The van der Waals surface area contributed by atoms with E-state index in [1.807, 2.05) is 6.07 Å². The fourth-order valence-corrected chi connectivity index (χ4v) is 3.99. The fourth-order valence-electron chi connectivity index (χ4n) is 3.99. The highest BCUT2D eigenvalue weighted by Crippen LogP contribution is 2.29. The molecule has 2 aromatic carbocycles. The van der Waals surface area contributed by atoms with E-state index in [9.17, 15) is 23.5 Å². The van der Waals surface area contributed by atoms with E-state index in [-0.39, 0.29) is 36.5 Å². The molecule has 2 heterocycles. The second-order valence-corrected chi connectivity index (χ2v) is 7.93. The number of halogens is 2. The van der Waals surface area contributed by atoms with Gasteiger partial charge in [-0.15, -0.1) is 0 Å². The number of carboxylic acid groups (broad SMARTS) is 1. The van der Waals surface area contributed by atoms with E-state index in [0.29, 0.717) is 17.0 Å². The second-order valence-electron chi connectivity index (χ2n) is 7.93. The van der Waals surface area contributed by atoms with Crippen LogP contribution in [0.1, 0.15) is 46.1 Å². The zero-order chi connectivity index (χ0) is 24.2. The average molecular weight is 464 g/mol. The average Bonchev–Trinajstić information content (AvgIpc) is 3.15. The molecule has 4 rings (SSSR count). The maximum Gasteiger partial charge on any atom is 0.303 e. The number of fused-ring (bicyclic) bond motifs is 1. The maximum absolute atomic E-state index is 14.0. The monoisotopic (exact) mass is 464 g/mol. The van der Waals surface area contributed by atoms with Gasteiger partial charge in [-0.2, -0.15) is 0 Å². The quantitative estimate of drug-likeness (QED) is 0.339. The molecule has 0 saturated heterocycles. The summed E-state index contributed by atoms with van der Waals surface area (Å²) in [6.45, 7) is 1.33. The number of carbonyl (C=O) groups is 2. The predicted octanol–water partition coefficient (Wildman–Crippen LogP) is 5.33. The fraction of sp³-hybridized carbons (Fsp3) is 0.192. The molecule has 6 nitrogen and oxygen atoms in total. The van der Waals surface area contributed by atoms with E-state index in [1.165, 1.54) is 6.07 Å². The van der Waals surface area contributed by atoms with Crippen molar-refractivity contribution in [3.8, 4) is 5.75 Å². The number of aryl methyl sites for hydroxylation is 1. The van der Waals surface area contributed by atoms with Gasteiger partial charge in [-0.3, -0.25) is 14.0 Å². The summed E-state index contributed by atoms with van der Waals surface area (Å²) in [5, 5.41) is 9.34. The van der Waals surface area contributed by atoms with Gasteiger partial charge in [0.05, 0.1) is 17.7 Å². The summed E-state index contributed by atoms with van der Waals surface area (Å²) < 4.78 is 35.2. The van der Waals surface area contributed by atoms with Crippen molar-refractivity contribution >= 4 is 17.4 Å². The van der Waals surface area contributed by atoms with Crippen LogP contribution in [0.3, 0.4) is 0 Å². The van der Waals surface area contributed by atoms with Crippen molar-refractivity contribution in [2.75, 3.05) is 0 Å². The lowest BCUT2D eigenvalue weighted by Crippen LogP contribution is -2.14. The molecule has 0 aliphatic carbocycles. The molecule has 0 aliphatic heterocycles. The molecular weight excluding hydrogens is 442 g/mol. The molecule has 0 radical (unpaired) electrons. The van der Waals surface area contributed by atoms with Crippen LogP contribution in [0.25, 0.3) is 5.65 Å². The molecular formula is C26H22F2N2O4. The third kappa shape index (κ3) is 4.80. The van der Waals surface area contributed by atoms with Crippen molar-refractivity contribution in [1.29, 1.82) is 0 Å². The van der Waals surface area contributed by atoms with Crippen LogP contribution < -0.4 is 4.74 Å². The summed E-state index contributed by atoms with van der Waals surface area (Å²) in [6, 6.07) is 15.9. The van der Waals surface area contributed by atoms with Crippen LogP contribution in [0, 0.1) is 18.6 Å². The molecule has 34 heavy (non-hydrogen) atoms. The minimum atomic E-state index is -0.993. The van der Waals surface area contributed by atoms with Gasteiger partial charge < -0.3 is 9.84 Å². The van der Waals surface area contributed by atoms with Gasteiger partial charge in [-0.05, 0) is 36.8 Å². The molecule has 0 spiro atoms. The Morgan fingerprint density at radius 1 is 1.00 bits per heavy atom. The van der Waals surface area contributed by atoms with E-state index in [2.05, 4.69) is 4.98 Å². The second kappa shape index (κ2) is 9.82. The van der Waals surface area contributed by atoms with Gasteiger partial charge in [-0.1, -0.05) is 36.4 Å². The SMILES string of the molecule is Cc1nc2c(OCc3c(F)cccc3F)cccn2c1C(=O)C[C@@H](CC(=O)O)c1ccccc1. The highest BCUT2D eigenvalue weighted by atomic mass is 19.1. The minimum absolute atomic E-state index is 0.0174. The Morgan fingerprint density at radius 2 is 1.71 bits per heavy atom. The maximum atomic E-state index is 14.0. The Labute approximate surface area is 194 Å². The van der Waals surface area contributed by atoms with Crippen LogP contribution >= 0.6 is 0 Å². The van der Waals surface area contributed by atoms with Crippen molar-refractivity contribution in [1.82, 2.24) is 9.38 Å². The summed E-state index contributed by atoms with van der Waals surface area (Å²) in [5.41, 5.74) is 1.64. The number of ketones is 1. The number of ether oxygens (including phenoxy) is 1. The number of rotatable bonds is 9. The molecule has 0 amide bonds. The predicted molar refractivity (Wildman–Crippen MR) is 121 cm³/mol. The number of benzene rings is 2. The number of aliphatic carboxylic acids is 1. The molecule has 0 unspecified atom stereocenters. The van der Waals surface area contributed by atoms with Crippen molar-refractivity contribution in [3.05, 3.63) is 101 Å². The molecule has 174 valence electrons. The van der Waals surface area contributed by atoms with Gasteiger partial charge >= 0.3 is 5.97 Å². The summed E-state index contributed by atoms with van der Waals surface area (Å²) in [6.07, 6.45) is 1.44. The van der Waals surface area contributed by atoms with E-state index >= 15 is 0 Å². The first-order valence-electron chi connectivity index (χ1n) is 10.7. The minimum Gasteiger partial charge on any atom is -0.485 e. The van der Waals surface area contributed by atoms with Crippen molar-refractivity contribution in [3.63, 3.8) is 0 Å². The summed E-state index contributed by atoms with van der Waals surface area (Å²) in [4.78, 5) is 29.2. The lowest BCUT2D eigenvalue weighted by molar-refractivity contribution is -0.137. The molecule has 0 aliphatic rings. The van der Waals surface area contributed by atoms with Crippen molar-refractivity contribution in [2.24, 2.45) is 0 Å². The molecule has 0 fully saturated rings. The first kappa shape index (κ1) is 23.1. The Balaban J connectivity index is 1.62. The number of imidazole rings is 1. The Kier molecular flexibility index (Phi) is 6.67. The number of hydrogen-bond donors (Lipinski definition) is 1. The van der Waals surface area contributed by atoms with E-state index in [0.717, 1.165) is 17.7 Å². The molecule has 0 saturated carbocycles. The topological polar surface area (TPSA) is 80.9 Å². The summed E-state index contributed by atoms with van der Waals surface area (Å²) >= 11 is 0. The van der Waals surface area contributed by atoms with E-state index in [1.54, 1.807) is 53.9 Å². The number of nitrogens with zero attached hydrogens (tertiary/aromatic N) is 2. The number of pyridine rings is 1. The Morgan fingerprint density at radius 3 is 2.38 bits per heavy atom. The number of aromatic nitrogens is 2. The van der Waals surface area contributed by atoms with Gasteiger partial charge in [-0.25, -0.2) is 13.8 Å². The number of carboxylic acids is 1. The molecule has 4 aromatic rings. The smallest absolute Gasteiger partial charge is 0.303 e. The van der Waals surface area contributed by atoms with Gasteiger partial charge in [0, 0.05) is 18.5 Å². The standard InChI is InChI=1S/C26H22F2N2O4/c1-16-25(22(31)13-18(14-24(32)33)17-7-3-2-4-8-17)30-12-6-11-23(26(30)29-16)34-15-19-20(27)9-5-10-21(19)28/h2-12,18H,13-15H2,1H3,(H,32,33)/t18-/m0/s1. The molecule has 0 bridgehead atoms. The first-order chi connectivity index (χ1) is 16.3. The van der Waals surface area contributed by atoms with Gasteiger partial charge in [0.1, 0.15) is 23.9 Å². The largest absolute Gasteiger partial charge is 0.485 e. The van der Waals surface area contributed by atoms with Crippen LogP contribution in [0.15, 0.2) is 66.9 Å². The molecule has 1 N–H and O–H groups in total. The highest BCUT2D eigenvalue weighted by molar-refractivity contribution is 5.97. The number of hydrogen-bond acceptors (Lipinski definition) is 4. The number of carbonyl (C=O) groups excluding carboxylic acids is 1.